The molecule has 0 aromatic rings. The van der Waals surface area contributed by atoms with Crippen molar-refractivity contribution >= 4 is 39.0 Å². The third kappa shape index (κ3) is 6.77. The van der Waals surface area contributed by atoms with Crippen molar-refractivity contribution in [2.75, 3.05) is 5.88 Å². The van der Waals surface area contributed by atoms with Crippen LogP contribution in [0.2, 0.25) is 0 Å². The Hall–Kier alpha value is 1.44. The first kappa shape index (κ1) is 25.5. The molecule has 180 valence electrons. The second-order valence-electron chi connectivity index (χ2n) is 11.1. The Bertz CT molecular complexity index is 415. The maximum absolute atomic E-state index is 7.40. The second-order valence-corrected chi connectivity index (χ2v) is 18.2. The van der Waals surface area contributed by atoms with Crippen molar-refractivity contribution in [3.05, 3.63) is 0 Å². The van der Waals surface area contributed by atoms with Crippen LogP contribution in [-0.2, 0) is 0 Å². The Labute approximate surface area is 206 Å². The molecule has 4 saturated carbocycles. The molecular formula is C27H48Cl2P2. The number of alkyl halides is 2. The van der Waals surface area contributed by atoms with E-state index in [-0.39, 0.29) is 21.2 Å². The van der Waals surface area contributed by atoms with E-state index in [1.807, 2.05) is 0 Å². The van der Waals surface area contributed by atoms with Crippen LogP contribution in [0.4, 0.5) is 0 Å². The zero-order valence-electron chi connectivity index (χ0n) is 20.0. The second kappa shape index (κ2) is 13.5. The summed E-state index contributed by atoms with van der Waals surface area (Å²) in [5.41, 5.74) is 4.05. The van der Waals surface area contributed by atoms with E-state index < -0.39 is 0 Å². The first-order valence-corrected chi connectivity index (χ1v) is 18.1. The standard InChI is InChI=1S/C27H48Cl2P2/c28-21-26(29)27(30(22-13-5-1-6-14-22)23-15-7-2-8-16-23)31(24-17-9-3-10-18-24)25-19-11-4-12-20-25/h22-27H,1-21H2. The van der Waals surface area contributed by atoms with Gasteiger partial charge in [-0.15, -0.1) is 23.2 Å². The van der Waals surface area contributed by atoms with Crippen LogP contribution in [0.5, 0.6) is 0 Å². The average molecular weight is 506 g/mol. The zero-order valence-corrected chi connectivity index (χ0v) is 23.3. The molecule has 0 nitrogen and oxygen atoms in total. The Morgan fingerprint density at radius 2 is 0.742 bits per heavy atom. The summed E-state index contributed by atoms with van der Waals surface area (Å²) in [6.07, 6.45) is 30.0. The molecule has 0 radical (unpaired) electrons. The highest BCUT2D eigenvalue weighted by Crippen LogP contribution is 2.73. The molecule has 0 spiro atoms. The third-order valence-corrected chi connectivity index (χ3v) is 19.3. The molecule has 4 rings (SSSR count). The summed E-state index contributed by atoms with van der Waals surface area (Å²) in [7, 11) is 0.0356. The minimum Gasteiger partial charge on any atom is -0.125 e. The smallest absolute Gasteiger partial charge is 0.0578 e. The lowest BCUT2D eigenvalue weighted by molar-refractivity contribution is 0.476. The Morgan fingerprint density at radius 1 is 0.484 bits per heavy atom. The van der Waals surface area contributed by atoms with Crippen LogP contribution in [0.1, 0.15) is 128 Å². The molecule has 0 heterocycles. The maximum atomic E-state index is 7.40. The summed E-state index contributed by atoms with van der Waals surface area (Å²) in [4.78, 5) is 0. The SMILES string of the molecule is ClCC(Cl)C(P(C1CCCCC1)C1CCCCC1)P(C1CCCCC1)C1CCCCC1. The fourth-order valence-corrected chi connectivity index (χ4v) is 20.0. The van der Waals surface area contributed by atoms with E-state index in [1.54, 1.807) is 0 Å². The molecule has 4 fully saturated rings. The van der Waals surface area contributed by atoms with Gasteiger partial charge in [0.25, 0.3) is 0 Å². The largest absolute Gasteiger partial charge is 0.125 e. The molecule has 0 N–H and O–H groups in total. The van der Waals surface area contributed by atoms with E-state index in [0.717, 1.165) is 28.0 Å². The van der Waals surface area contributed by atoms with Gasteiger partial charge >= 0.3 is 0 Å². The van der Waals surface area contributed by atoms with Crippen LogP contribution >= 0.6 is 39.0 Å². The Morgan fingerprint density at radius 3 is 0.968 bits per heavy atom. The van der Waals surface area contributed by atoms with Crippen molar-refractivity contribution in [3.63, 3.8) is 0 Å². The molecular weight excluding hydrogens is 457 g/mol. The molecule has 4 aliphatic rings. The minimum atomic E-state index is 0.0178. The Kier molecular flexibility index (Phi) is 11.1. The van der Waals surface area contributed by atoms with Crippen molar-refractivity contribution in [3.8, 4) is 0 Å². The first-order chi connectivity index (χ1) is 15.3. The zero-order chi connectivity index (χ0) is 21.5. The summed E-state index contributed by atoms with van der Waals surface area (Å²) in [5.74, 6) is 0.697. The topological polar surface area (TPSA) is 0 Å². The molecule has 4 heteroatoms. The molecule has 1 atom stereocenters. The van der Waals surface area contributed by atoms with E-state index in [4.69, 9.17) is 23.2 Å². The van der Waals surface area contributed by atoms with E-state index >= 15 is 0 Å². The number of rotatable bonds is 8. The lowest BCUT2D eigenvalue weighted by atomic mass is 9.99. The van der Waals surface area contributed by atoms with Crippen LogP contribution in [0.3, 0.4) is 0 Å². The van der Waals surface area contributed by atoms with Crippen LogP contribution in [-0.4, -0.2) is 39.3 Å². The molecule has 0 aromatic heterocycles. The first-order valence-electron chi connectivity index (χ1n) is 14.0. The molecule has 1 unspecified atom stereocenters. The van der Waals surface area contributed by atoms with E-state index in [9.17, 15) is 0 Å². The lowest BCUT2D eigenvalue weighted by Crippen LogP contribution is -2.36. The predicted molar refractivity (Wildman–Crippen MR) is 145 cm³/mol. The normalized spacial score (nSPS) is 27.4. The van der Waals surface area contributed by atoms with Gasteiger partial charge in [0.2, 0.25) is 0 Å². The average Bonchev–Trinajstić information content (AvgIpc) is 2.86. The van der Waals surface area contributed by atoms with Gasteiger partial charge in [0.05, 0.1) is 5.38 Å². The molecule has 0 amide bonds. The van der Waals surface area contributed by atoms with Crippen molar-refractivity contribution < 1.29 is 0 Å². The van der Waals surface area contributed by atoms with Gasteiger partial charge in [0, 0.05) is 11.3 Å². The van der Waals surface area contributed by atoms with Crippen molar-refractivity contribution in [2.24, 2.45) is 0 Å². The number of hydrogen-bond donors (Lipinski definition) is 0. The highest BCUT2D eigenvalue weighted by molar-refractivity contribution is 7.77. The summed E-state index contributed by atoms with van der Waals surface area (Å²) < 4.78 is 0. The molecule has 0 aliphatic heterocycles. The molecule has 31 heavy (non-hydrogen) atoms. The van der Waals surface area contributed by atoms with Gasteiger partial charge in [0.15, 0.2) is 0 Å². The number of halogens is 2. The van der Waals surface area contributed by atoms with Gasteiger partial charge in [-0.1, -0.05) is 92.9 Å². The van der Waals surface area contributed by atoms with Crippen LogP contribution in [0, 0.1) is 0 Å². The van der Waals surface area contributed by atoms with Crippen molar-refractivity contribution in [1.82, 2.24) is 0 Å². The van der Waals surface area contributed by atoms with Gasteiger partial charge in [-0.3, -0.25) is 0 Å². The van der Waals surface area contributed by atoms with Crippen LogP contribution in [0.15, 0.2) is 0 Å². The molecule has 4 aliphatic carbocycles. The summed E-state index contributed by atoms with van der Waals surface area (Å²) in [5, 5.41) is 1.05. The van der Waals surface area contributed by atoms with Crippen molar-refractivity contribution in [2.45, 2.75) is 162 Å². The van der Waals surface area contributed by atoms with Gasteiger partial charge in [-0.05, 0) is 74.0 Å². The quantitative estimate of drug-likeness (QED) is 0.227. The van der Waals surface area contributed by atoms with Crippen molar-refractivity contribution in [1.29, 1.82) is 0 Å². The van der Waals surface area contributed by atoms with Gasteiger partial charge in [-0.25, -0.2) is 0 Å². The summed E-state index contributed by atoms with van der Waals surface area (Å²) in [6, 6.07) is 0. The molecule has 0 aromatic carbocycles. The highest BCUT2D eigenvalue weighted by Gasteiger charge is 2.47. The van der Waals surface area contributed by atoms with E-state index in [2.05, 4.69) is 0 Å². The minimum absolute atomic E-state index is 0.0178. The monoisotopic (exact) mass is 504 g/mol. The fourth-order valence-electron chi connectivity index (χ4n) is 7.58. The van der Waals surface area contributed by atoms with Gasteiger partial charge in [0.1, 0.15) is 0 Å². The third-order valence-electron chi connectivity index (χ3n) is 9.07. The van der Waals surface area contributed by atoms with Crippen LogP contribution in [0.25, 0.3) is 0 Å². The van der Waals surface area contributed by atoms with E-state index in [0.29, 0.717) is 5.88 Å². The summed E-state index contributed by atoms with van der Waals surface area (Å²) >= 11 is 14.1. The fraction of sp³-hybridized carbons (Fsp3) is 1.00. The van der Waals surface area contributed by atoms with E-state index in [1.165, 1.54) is 128 Å². The lowest BCUT2D eigenvalue weighted by Gasteiger charge is -2.52. The Balaban J connectivity index is 1.68. The van der Waals surface area contributed by atoms with Gasteiger partial charge in [-0.2, -0.15) is 0 Å². The highest BCUT2D eigenvalue weighted by atomic mass is 35.5. The molecule has 0 bridgehead atoms. The molecule has 0 saturated heterocycles. The summed E-state index contributed by atoms with van der Waals surface area (Å²) in [6.45, 7) is 0. The van der Waals surface area contributed by atoms with Gasteiger partial charge < -0.3 is 0 Å². The van der Waals surface area contributed by atoms with Crippen LogP contribution < -0.4 is 0 Å². The predicted octanol–water partition coefficient (Wildman–Crippen LogP) is 10.5. The number of hydrogen-bond acceptors (Lipinski definition) is 0. The maximum Gasteiger partial charge on any atom is 0.0578 e.